The molecule has 0 heterocycles. The molecule has 118 valence electrons. The maximum atomic E-state index is 12.7. The molecule has 0 saturated heterocycles. The summed E-state index contributed by atoms with van der Waals surface area (Å²) in [6, 6.07) is 3.21. The standard InChI is InChI=1S/C14H23N3O3S/c1-5-6-17(9-14(18)16-4)21(19,20)13-8-11(3)10(2)7-12(13)15/h7-8H,5-6,9,15H2,1-4H3,(H,16,18). The number of anilines is 1. The van der Waals surface area contributed by atoms with Gasteiger partial charge in [0.2, 0.25) is 15.9 Å². The molecule has 0 fully saturated rings. The van der Waals surface area contributed by atoms with Gasteiger partial charge in [-0.1, -0.05) is 6.92 Å². The largest absolute Gasteiger partial charge is 0.398 e. The van der Waals surface area contributed by atoms with Crippen molar-refractivity contribution in [2.75, 3.05) is 25.9 Å². The Balaban J connectivity index is 3.28. The van der Waals surface area contributed by atoms with Gasteiger partial charge in [-0.3, -0.25) is 4.79 Å². The summed E-state index contributed by atoms with van der Waals surface area (Å²) in [7, 11) is -2.32. The van der Waals surface area contributed by atoms with Crippen LogP contribution < -0.4 is 11.1 Å². The molecule has 0 radical (unpaired) electrons. The second-order valence-electron chi connectivity index (χ2n) is 4.99. The van der Waals surface area contributed by atoms with Crippen LogP contribution in [0, 0.1) is 13.8 Å². The molecule has 0 aliphatic rings. The number of rotatable bonds is 6. The van der Waals surface area contributed by atoms with Gasteiger partial charge in [0, 0.05) is 13.6 Å². The Bertz CT molecular complexity index is 627. The quantitative estimate of drug-likeness (QED) is 0.767. The zero-order valence-electron chi connectivity index (χ0n) is 12.9. The zero-order chi connectivity index (χ0) is 16.2. The topological polar surface area (TPSA) is 92.5 Å². The Kier molecular flexibility index (Phi) is 5.74. The normalized spacial score (nSPS) is 11.7. The summed E-state index contributed by atoms with van der Waals surface area (Å²) in [4.78, 5) is 11.6. The molecule has 1 aromatic rings. The van der Waals surface area contributed by atoms with Crippen molar-refractivity contribution in [1.29, 1.82) is 0 Å². The van der Waals surface area contributed by atoms with Gasteiger partial charge in [-0.05, 0) is 43.5 Å². The van der Waals surface area contributed by atoms with Gasteiger partial charge in [-0.25, -0.2) is 8.42 Å². The first kappa shape index (κ1) is 17.5. The fourth-order valence-electron chi connectivity index (χ4n) is 1.95. The number of carbonyl (C=O) groups is 1. The molecular formula is C14H23N3O3S. The first-order chi connectivity index (χ1) is 9.73. The van der Waals surface area contributed by atoms with Crippen molar-refractivity contribution >= 4 is 21.6 Å². The molecule has 1 amide bonds. The molecule has 7 heteroatoms. The van der Waals surface area contributed by atoms with Crippen LogP contribution in [0.2, 0.25) is 0 Å². The Hall–Kier alpha value is -1.60. The summed E-state index contributed by atoms with van der Waals surface area (Å²) in [5, 5.41) is 2.44. The van der Waals surface area contributed by atoms with Crippen LogP contribution in [0.15, 0.2) is 17.0 Å². The molecule has 3 N–H and O–H groups in total. The highest BCUT2D eigenvalue weighted by molar-refractivity contribution is 7.89. The van der Waals surface area contributed by atoms with E-state index in [1.54, 1.807) is 12.1 Å². The number of nitrogen functional groups attached to an aromatic ring is 1. The number of nitrogens with two attached hydrogens (primary N) is 1. The van der Waals surface area contributed by atoms with Crippen LogP contribution in [0.1, 0.15) is 24.5 Å². The Morgan fingerprint density at radius 3 is 2.38 bits per heavy atom. The van der Waals surface area contributed by atoms with E-state index in [1.807, 2.05) is 20.8 Å². The highest BCUT2D eigenvalue weighted by atomic mass is 32.2. The van der Waals surface area contributed by atoms with Crippen LogP contribution in [-0.2, 0) is 14.8 Å². The summed E-state index contributed by atoms with van der Waals surface area (Å²) in [6.45, 7) is 5.62. The first-order valence-electron chi connectivity index (χ1n) is 6.81. The van der Waals surface area contributed by atoms with Gasteiger partial charge >= 0.3 is 0 Å². The van der Waals surface area contributed by atoms with Crippen LogP contribution in [0.5, 0.6) is 0 Å². The minimum absolute atomic E-state index is 0.0583. The summed E-state index contributed by atoms with van der Waals surface area (Å²) in [5.74, 6) is -0.352. The van der Waals surface area contributed by atoms with Crippen molar-refractivity contribution in [3.63, 3.8) is 0 Å². The lowest BCUT2D eigenvalue weighted by atomic mass is 10.1. The van der Waals surface area contributed by atoms with E-state index in [4.69, 9.17) is 5.73 Å². The van der Waals surface area contributed by atoms with Crippen molar-refractivity contribution in [2.45, 2.75) is 32.1 Å². The molecule has 0 aliphatic carbocycles. The third-order valence-corrected chi connectivity index (χ3v) is 5.22. The highest BCUT2D eigenvalue weighted by Gasteiger charge is 2.28. The average Bonchev–Trinajstić information content (AvgIpc) is 2.41. The van der Waals surface area contributed by atoms with Gasteiger partial charge in [0.15, 0.2) is 0 Å². The van der Waals surface area contributed by atoms with Crippen molar-refractivity contribution in [2.24, 2.45) is 0 Å². The van der Waals surface area contributed by atoms with Crippen molar-refractivity contribution in [1.82, 2.24) is 9.62 Å². The number of nitrogens with zero attached hydrogens (tertiary/aromatic N) is 1. The van der Waals surface area contributed by atoms with E-state index < -0.39 is 10.0 Å². The third-order valence-electron chi connectivity index (χ3n) is 3.32. The number of hydrogen-bond donors (Lipinski definition) is 2. The van der Waals surface area contributed by atoms with E-state index in [0.717, 1.165) is 15.4 Å². The first-order valence-corrected chi connectivity index (χ1v) is 8.25. The lowest BCUT2D eigenvalue weighted by molar-refractivity contribution is -0.120. The molecular weight excluding hydrogens is 290 g/mol. The van der Waals surface area contributed by atoms with E-state index in [0.29, 0.717) is 6.42 Å². The second-order valence-corrected chi connectivity index (χ2v) is 6.89. The molecule has 1 rings (SSSR count). The molecule has 0 aromatic heterocycles. The predicted octanol–water partition coefficient (Wildman–Crippen LogP) is 1.03. The zero-order valence-corrected chi connectivity index (χ0v) is 13.8. The predicted molar refractivity (Wildman–Crippen MR) is 83.4 cm³/mol. The fourth-order valence-corrected chi connectivity index (χ4v) is 3.62. The van der Waals surface area contributed by atoms with Crippen LogP contribution >= 0.6 is 0 Å². The van der Waals surface area contributed by atoms with E-state index >= 15 is 0 Å². The molecule has 6 nitrogen and oxygen atoms in total. The minimum Gasteiger partial charge on any atom is -0.398 e. The summed E-state index contributed by atoms with van der Waals surface area (Å²) < 4.78 is 26.6. The van der Waals surface area contributed by atoms with E-state index in [-0.39, 0.29) is 29.6 Å². The lowest BCUT2D eigenvalue weighted by Crippen LogP contribution is -2.40. The number of nitrogens with one attached hydrogen (secondary N) is 1. The van der Waals surface area contributed by atoms with Crippen molar-refractivity contribution in [3.8, 4) is 0 Å². The van der Waals surface area contributed by atoms with Gasteiger partial charge in [-0.2, -0.15) is 4.31 Å². The molecule has 0 saturated carbocycles. The van der Waals surface area contributed by atoms with E-state index in [2.05, 4.69) is 5.32 Å². The monoisotopic (exact) mass is 313 g/mol. The smallest absolute Gasteiger partial charge is 0.245 e. The maximum Gasteiger partial charge on any atom is 0.245 e. The molecule has 0 aliphatic heterocycles. The van der Waals surface area contributed by atoms with Gasteiger partial charge in [0.25, 0.3) is 0 Å². The number of benzene rings is 1. The maximum absolute atomic E-state index is 12.7. The molecule has 21 heavy (non-hydrogen) atoms. The number of carbonyl (C=O) groups excluding carboxylic acids is 1. The minimum atomic E-state index is -3.79. The Morgan fingerprint density at radius 2 is 1.86 bits per heavy atom. The summed E-state index contributed by atoms with van der Waals surface area (Å²) >= 11 is 0. The molecule has 1 aromatic carbocycles. The number of sulfonamides is 1. The van der Waals surface area contributed by atoms with Crippen LogP contribution in [0.4, 0.5) is 5.69 Å². The SMILES string of the molecule is CCCN(CC(=O)NC)S(=O)(=O)c1cc(C)c(C)cc1N. The van der Waals surface area contributed by atoms with Crippen molar-refractivity contribution in [3.05, 3.63) is 23.3 Å². The van der Waals surface area contributed by atoms with Crippen LogP contribution in [-0.4, -0.2) is 38.8 Å². The average molecular weight is 313 g/mol. The van der Waals surface area contributed by atoms with Crippen LogP contribution in [0.3, 0.4) is 0 Å². The number of hydrogen-bond acceptors (Lipinski definition) is 4. The lowest BCUT2D eigenvalue weighted by Gasteiger charge is -2.22. The van der Waals surface area contributed by atoms with Crippen LogP contribution in [0.25, 0.3) is 0 Å². The number of amides is 1. The fraction of sp³-hybridized carbons (Fsp3) is 0.500. The summed E-state index contributed by atoms with van der Waals surface area (Å²) in [5.41, 5.74) is 7.85. The third kappa shape index (κ3) is 3.95. The van der Waals surface area contributed by atoms with Gasteiger partial charge in [0.05, 0.1) is 12.2 Å². The second kappa shape index (κ2) is 6.91. The number of aryl methyl sites for hydroxylation is 2. The Morgan fingerprint density at radius 1 is 1.29 bits per heavy atom. The van der Waals surface area contributed by atoms with E-state index in [1.165, 1.54) is 7.05 Å². The van der Waals surface area contributed by atoms with E-state index in [9.17, 15) is 13.2 Å². The van der Waals surface area contributed by atoms with Gasteiger partial charge in [0.1, 0.15) is 4.90 Å². The molecule has 0 bridgehead atoms. The molecule has 0 spiro atoms. The molecule has 0 atom stereocenters. The number of likely N-dealkylation sites (N-methyl/N-ethyl adjacent to an activating group) is 1. The van der Waals surface area contributed by atoms with Crippen molar-refractivity contribution < 1.29 is 13.2 Å². The van der Waals surface area contributed by atoms with Gasteiger partial charge in [-0.15, -0.1) is 0 Å². The highest BCUT2D eigenvalue weighted by Crippen LogP contribution is 2.25. The molecule has 0 unspecified atom stereocenters. The van der Waals surface area contributed by atoms with Gasteiger partial charge < -0.3 is 11.1 Å². The Labute approximate surface area is 126 Å². The summed E-state index contributed by atoms with van der Waals surface area (Å²) in [6.07, 6.45) is 0.612.